The van der Waals surface area contributed by atoms with E-state index in [2.05, 4.69) is 10.1 Å². The molecule has 3 rings (SSSR count). The van der Waals surface area contributed by atoms with E-state index >= 15 is 0 Å². The van der Waals surface area contributed by atoms with Crippen molar-refractivity contribution in [1.82, 2.24) is 19.3 Å². The molecule has 0 amide bonds. The Morgan fingerprint density at radius 2 is 2.14 bits per heavy atom. The zero-order valence-corrected chi connectivity index (χ0v) is 14.1. The maximum absolute atomic E-state index is 12.4. The first-order chi connectivity index (χ1) is 10.2. The van der Waals surface area contributed by atoms with Crippen molar-refractivity contribution in [3.63, 3.8) is 0 Å². The van der Waals surface area contributed by atoms with Crippen LogP contribution in [-0.4, -0.2) is 25.9 Å². The molecule has 3 aromatic rings. The van der Waals surface area contributed by atoms with Gasteiger partial charge in [-0.15, -0.1) is 17.0 Å². The third-order valence-corrected chi connectivity index (χ3v) is 3.44. The van der Waals surface area contributed by atoms with Crippen LogP contribution in [-0.2, 0) is 13.1 Å². The molecule has 22 heavy (non-hydrogen) atoms. The van der Waals surface area contributed by atoms with Crippen LogP contribution in [0.5, 0.6) is 0 Å². The van der Waals surface area contributed by atoms with E-state index in [1.165, 1.54) is 12.5 Å². The second kappa shape index (κ2) is 7.04. The van der Waals surface area contributed by atoms with Gasteiger partial charge in [0.15, 0.2) is 5.65 Å². The number of hydrogen-bond acceptors (Lipinski definition) is 4. The molecule has 8 heteroatoms. The fraction of sp³-hybridized carbons (Fsp3) is 0.214. The summed E-state index contributed by atoms with van der Waals surface area (Å²) in [6, 6.07) is 7.40. The van der Waals surface area contributed by atoms with E-state index < -0.39 is 0 Å². The highest BCUT2D eigenvalue weighted by Crippen LogP contribution is 2.12. The highest BCUT2D eigenvalue weighted by Gasteiger charge is 2.09. The number of fused-ring (bicyclic) bond motifs is 1. The number of aromatic nitrogens is 4. The third-order valence-electron chi connectivity index (χ3n) is 3.21. The summed E-state index contributed by atoms with van der Waals surface area (Å²) in [5.41, 5.74) is 6.90. The van der Waals surface area contributed by atoms with Crippen molar-refractivity contribution in [3.05, 3.63) is 57.7 Å². The van der Waals surface area contributed by atoms with Gasteiger partial charge in [0.2, 0.25) is 0 Å². The number of nitrogens with two attached hydrogens (primary N) is 1. The lowest BCUT2D eigenvalue weighted by Gasteiger charge is -2.06. The van der Waals surface area contributed by atoms with Gasteiger partial charge in [0.25, 0.3) is 5.56 Å². The molecule has 0 aliphatic rings. The van der Waals surface area contributed by atoms with Gasteiger partial charge in [-0.25, -0.2) is 9.67 Å². The minimum absolute atomic E-state index is 0. The van der Waals surface area contributed by atoms with Crippen molar-refractivity contribution in [2.75, 3.05) is 6.54 Å². The van der Waals surface area contributed by atoms with Crippen LogP contribution in [0.1, 0.15) is 5.56 Å². The molecule has 0 aliphatic carbocycles. The standard InChI is InChI=1S/C14H14ClN5O.BrH/c15-11-3-1-2-10(6-11)8-19-9-17-13-12(14(19)21)7-18-20(13)5-4-16;/h1-3,6-7,9H,4-5,8,16H2;1H. The number of benzene rings is 1. The molecular formula is C14H15BrClN5O. The minimum atomic E-state index is -0.122. The topological polar surface area (TPSA) is 78.7 Å². The van der Waals surface area contributed by atoms with Crippen LogP contribution in [0.15, 0.2) is 41.6 Å². The lowest BCUT2D eigenvalue weighted by molar-refractivity contribution is 0.637. The average Bonchev–Trinajstić information content (AvgIpc) is 2.87. The maximum Gasteiger partial charge on any atom is 0.264 e. The Hall–Kier alpha value is -1.70. The molecule has 0 atom stereocenters. The third kappa shape index (κ3) is 3.21. The molecule has 0 aliphatic heterocycles. The predicted octanol–water partition coefficient (Wildman–Crippen LogP) is 1.83. The van der Waals surface area contributed by atoms with Gasteiger partial charge in [0, 0.05) is 11.6 Å². The Morgan fingerprint density at radius 3 is 2.86 bits per heavy atom. The molecule has 2 N–H and O–H groups in total. The van der Waals surface area contributed by atoms with Gasteiger partial charge in [0.1, 0.15) is 11.7 Å². The van der Waals surface area contributed by atoms with Crippen LogP contribution < -0.4 is 11.3 Å². The minimum Gasteiger partial charge on any atom is -0.329 e. The summed E-state index contributed by atoms with van der Waals surface area (Å²) in [4.78, 5) is 16.8. The smallest absolute Gasteiger partial charge is 0.264 e. The van der Waals surface area contributed by atoms with Gasteiger partial charge in [-0.1, -0.05) is 23.7 Å². The van der Waals surface area contributed by atoms with E-state index in [4.69, 9.17) is 17.3 Å². The van der Waals surface area contributed by atoms with Crippen molar-refractivity contribution >= 4 is 39.6 Å². The van der Waals surface area contributed by atoms with Crippen LogP contribution in [0.3, 0.4) is 0 Å². The number of rotatable bonds is 4. The summed E-state index contributed by atoms with van der Waals surface area (Å²) in [6.07, 6.45) is 3.06. The van der Waals surface area contributed by atoms with Gasteiger partial charge in [0.05, 0.1) is 19.3 Å². The Kier molecular flexibility index (Phi) is 5.33. The van der Waals surface area contributed by atoms with Gasteiger partial charge in [-0.05, 0) is 17.7 Å². The quantitative estimate of drug-likeness (QED) is 0.744. The van der Waals surface area contributed by atoms with Crippen LogP contribution in [0.25, 0.3) is 11.0 Å². The summed E-state index contributed by atoms with van der Waals surface area (Å²) < 4.78 is 3.18. The van der Waals surface area contributed by atoms with E-state index in [0.717, 1.165) is 5.56 Å². The van der Waals surface area contributed by atoms with Crippen molar-refractivity contribution < 1.29 is 0 Å². The molecule has 0 fully saturated rings. The van der Waals surface area contributed by atoms with Crippen molar-refractivity contribution in [1.29, 1.82) is 0 Å². The largest absolute Gasteiger partial charge is 0.329 e. The van der Waals surface area contributed by atoms with E-state index in [9.17, 15) is 4.79 Å². The monoisotopic (exact) mass is 383 g/mol. The molecule has 0 radical (unpaired) electrons. The first kappa shape index (κ1) is 16.7. The van der Waals surface area contributed by atoms with E-state index in [1.54, 1.807) is 15.3 Å². The first-order valence-electron chi connectivity index (χ1n) is 6.54. The van der Waals surface area contributed by atoms with Crippen molar-refractivity contribution in [2.45, 2.75) is 13.1 Å². The second-order valence-corrected chi connectivity index (χ2v) is 5.14. The SMILES string of the molecule is Br.NCCn1ncc2c(=O)n(Cc3cccc(Cl)c3)cnc21. The Morgan fingerprint density at radius 1 is 1.32 bits per heavy atom. The summed E-state index contributed by atoms with van der Waals surface area (Å²) in [5.74, 6) is 0. The summed E-state index contributed by atoms with van der Waals surface area (Å²) in [5, 5.41) is 5.29. The Balaban J connectivity index is 0.00000176. The molecular weight excluding hydrogens is 370 g/mol. The van der Waals surface area contributed by atoms with Crippen LogP contribution in [0, 0.1) is 0 Å². The van der Waals surface area contributed by atoms with Crippen LogP contribution >= 0.6 is 28.6 Å². The molecule has 0 spiro atoms. The lowest BCUT2D eigenvalue weighted by Crippen LogP contribution is -2.21. The summed E-state index contributed by atoms with van der Waals surface area (Å²) in [6.45, 7) is 1.41. The van der Waals surface area contributed by atoms with Gasteiger partial charge >= 0.3 is 0 Å². The Bertz CT molecular complexity index is 845. The normalized spacial score (nSPS) is 10.6. The second-order valence-electron chi connectivity index (χ2n) is 4.70. The van der Waals surface area contributed by atoms with E-state index in [1.807, 2.05) is 18.2 Å². The zero-order chi connectivity index (χ0) is 14.8. The summed E-state index contributed by atoms with van der Waals surface area (Å²) >= 11 is 5.96. The molecule has 0 saturated carbocycles. The van der Waals surface area contributed by atoms with Crippen molar-refractivity contribution in [2.24, 2.45) is 5.73 Å². The molecule has 2 aromatic heterocycles. The van der Waals surface area contributed by atoms with Crippen LogP contribution in [0.2, 0.25) is 5.02 Å². The fourth-order valence-electron chi connectivity index (χ4n) is 2.23. The van der Waals surface area contributed by atoms with Gasteiger partial charge in [-0.3, -0.25) is 9.36 Å². The van der Waals surface area contributed by atoms with E-state index in [-0.39, 0.29) is 22.5 Å². The maximum atomic E-state index is 12.4. The van der Waals surface area contributed by atoms with Gasteiger partial charge < -0.3 is 5.73 Å². The first-order valence-corrected chi connectivity index (χ1v) is 6.92. The molecule has 0 saturated heterocycles. The zero-order valence-electron chi connectivity index (χ0n) is 11.6. The molecule has 1 aromatic carbocycles. The number of nitrogens with zero attached hydrogens (tertiary/aromatic N) is 4. The van der Waals surface area contributed by atoms with Crippen LogP contribution in [0.4, 0.5) is 0 Å². The van der Waals surface area contributed by atoms with Gasteiger partial charge in [-0.2, -0.15) is 5.10 Å². The van der Waals surface area contributed by atoms with Crippen molar-refractivity contribution in [3.8, 4) is 0 Å². The Labute approximate surface area is 142 Å². The number of hydrogen-bond donors (Lipinski definition) is 1. The number of halogens is 2. The molecule has 0 unspecified atom stereocenters. The highest BCUT2D eigenvalue weighted by molar-refractivity contribution is 8.93. The molecule has 2 heterocycles. The highest BCUT2D eigenvalue weighted by atomic mass is 79.9. The predicted molar refractivity (Wildman–Crippen MR) is 91.7 cm³/mol. The molecule has 6 nitrogen and oxygen atoms in total. The molecule has 116 valence electrons. The average molecular weight is 385 g/mol. The lowest BCUT2D eigenvalue weighted by atomic mass is 10.2. The fourth-order valence-corrected chi connectivity index (χ4v) is 2.44. The van der Waals surface area contributed by atoms with E-state index in [0.29, 0.717) is 35.7 Å². The summed E-state index contributed by atoms with van der Waals surface area (Å²) in [7, 11) is 0. The molecule has 0 bridgehead atoms.